The van der Waals surface area contributed by atoms with E-state index in [1.165, 1.54) is 45.8 Å². The van der Waals surface area contributed by atoms with E-state index in [0.29, 0.717) is 0 Å². The molecule has 0 aliphatic rings. The Bertz CT molecular complexity index is 1350. The van der Waals surface area contributed by atoms with E-state index in [2.05, 4.69) is 0 Å². The van der Waals surface area contributed by atoms with Gasteiger partial charge in [-0.2, -0.15) is 0 Å². The lowest BCUT2D eigenvalue weighted by molar-refractivity contribution is -0.148. The Labute approximate surface area is 281 Å². The summed E-state index contributed by atoms with van der Waals surface area (Å²) in [6.07, 6.45) is 0. The second kappa shape index (κ2) is 21.1. The van der Waals surface area contributed by atoms with E-state index < -0.39 is 55.1 Å². The topological polar surface area (TPSA) is 189 Å². The van der Waals surface area contributed by atoms with Crippen molar-refractivity contribution in [2.24, 2.45) is 11.5 Å². The number of hydrogen-bond donors (Lipinski definition) is 2. The van der Waals surface area contributed by atoms with Crippen molar-refractivity contribution in [3.05, 3.63) is 71.8 Å². The van der Waals surface area contributed by atoms with Crippen LogP contribution in [0, 0.1) is 0 Å². The van der Waals surface area contributed by atoms with Gasteiger partial charge in [0.05, 0.1) is 39.4 Å². The Balaban J connectivity index is 2.33. The molecule has 15 heteroatoms. The molecule has 15 nitrogen and oxygen atoms in total. The molecule has 262 valence electrons. The Morgan fingerprint density at radius 3 is 1.33 bits per heavy atom. The molecule has 0 heterocycles. The first-order valence-corrected chi connectivity index (χ1v) is 15.4. The van der Waals surface area contributed by atoms with Gasteiger partial charge in [-0.3, -0.25) is 28.8 Å². The van der Waals surface area contributed by atoms with Gasteiger partial charge in [-0.05, 0) is 11.1 Å². The van der Waals surface area contributed by atoms with Gasteiger partial charge in [0.1, 0.15) is 13.1 Å². The van der Waals surface area contributed by atoms with Crippen molar-refractivity contribution in [2.45, 2.75) is 13.1 Å². The molecule has 0 unspecified atom stereocenters. The van der Waals surface area contributed by atoms with Crippen molar-refractivity contribution in [3.8, 4) is 0 Å². The molecule has 2 rings (SSSR count). The number of primary amides is 1. The lowest BCUT2D eigenvalue weighted by Gasteiger charge is -2.31. The number of nitrogens with two attached hydrogens (primary N) is 2. The number of nitrogens with zero attached hydrogens (tertiary/aromatic N) is 5. The van der Waals surface area contributed by atoms with Crippen LogP contribution in [-0.4, -0.2) is 147 Å². The monoisotopic (exact) mass is 669 g/mol. The fourth-order valence-corrected chi connectivity index (χ4v) is 4.58. The standard InChI is InChI=1S/C33H47N7O8/c1-36(29(42)18-34)22-30(43)39(19-26-10-6-4-7-11-26)25-32(45)38(15-17-48-3)23-33(46)40(20-27-12-8-5-9-13-27)24-31(44)37(14-16-47-2)21-28(35)41/h4-13H,14-25,34H2,1-3H3,(H2,35,41). The molecular weight excluding hydrogens is 622 g/mol. The van der Waals surface area contributed by atoms with Crippen molar-refractivity contribution >= 4 is 35.4 Å². The molecule has 4 N–H and O–H groups in total. The predicted octanol–water partition coefficient (Wildman–Crippen LogP) is -1.10. The summed E-state index contributed by atoms with van der Waals surface area (Å²) in [6.45, 7) is -1.65. The second-order valence-electron chi connectivity index (χ2n) is 11.0. The summed E-state index contributed by atoms with van der Waals surface area (Å²) in [4.78, 5) is 84.3. The average Bonchev–Trinajstić information content (AvgIpc) is 3.07. The van der Waals surface area contributed by atoms with Gasteiger partial charge in [-0.25, -0.2) is 0 Å². The van der Waals surface area contributed by atoms with Crippen LogP contribution in [0.25, 0.3) is 0 Å². The van der Waals surface area contributed by atoms with Crippen molar-refractivity contribution in [1.29, 1.82) is 0 Å². The summed E-state index contributed by atoms with van der Waals surface area (Å²) in [5.74, 6) is -3.26. The van der Waals surface area contributed by atoms with E-state index in [1.54, 1.807) is 48.5 Å². The molecular formula is C33H47N7O8. The summed E-state index contributed by atoms with van der Waals surface area (Å²) in [7, 11) is 4.35. The molecule has 0 radical (unpaired) electrons. The van der Waals surface area contributed by atoms with Gasteiger partial charge in [-0.15, -0.1) is 0 Å². The minimum Gasteiger partial charge on any atom is -0.383 e. The Hall–Kier alpha value is -4.86. The van der Waals surface area contributed by atoms with E-state index in [4.69, 9.17) is 20.9 Å². The van der Waals surface area contributed by atoms with Crippen LogP contribution in [0.15, 0.2) is 60.7 Å². The Morgan fingerprint density at radius 2 is 0.938 bits per heavy atom. The smallest absolute Gasteiger partial charge is 0.242 e. The lowest BCUT2D eigenvalue weighted by Crippen LogP contribution is -2.51. The molecule has 0 saturated heterocycles. The molecule has 0 saturated carbocycles. The van der Waals surface area contributed by atoms with Gasteiger partial charge in [0.15, 0.2) is 0 Å². The van der Waals surface area contributed by atoms with Gasteiger partial charge < -0.3 is 45.4 Å². The highest BCUT2D eigenvalue weighted by Gasteiger charge is 2.28. The molecule has 6 amide bonds. The quantitative estimate of drug-likeness (QED) is 0.166. The fraction of sp³-hybridized carbons (Fsp3) is 0.455. The molecule has 0 aromatic heterocycles. The first-order valence-electron chi connectivity index (χ1n) is 15.4. The van der Waals surface area contributed by atoms with E-state index in [1.807, 2.05) is 12.1 Å². The third-order valence-corrected chi connectivity index (χ3v) is 7.27. The largest absolute Gasteiger partial charge is 0.383 e. The van der Waals surface area contributed by atoms with Crippen LogP contribution >= 0.6 is 0 Å². The zero-order valence-electron chi connectivity index (χ0n) is 27.9. The second-order valence-corrected chi connectivity index (χ2v) is 11.0. The zero-order valence-corrected chi connectivity index (χ0v) is 27.9. The third-order valence-electron chi connectivity index (χ3n) is 7.27. The summed E-state index contributed by atoms with van der Waals surface area (Å²) in [5, 5.41) is 0. The first kappa shape index (κ1) is 39.3. The number of ether oxygens (including phenoxy) is 2. The minimum atomic E-state index is -0.718. The summed E-state index contributed by atoms with van der Waals surface area (Å²) in [6, 6.07) is 18.0. The summed E-state index contributed by atoms with van der Waals surface area (Å²) in [5.41, 5.74) is 12.3. The van der Waals surface area contributed by atoms with Crippen LogP contribution in [0.1, 0.15) is 11.1 Å². The average molecular weight is 670 g/mol. The van der Waals surface area contributed by atoms with Crippen molar-refractivity contribution < 1.29 is 38.2 Å². The molecule has 0 aliphatic heterocycles. The lowest BCUT2D eigenvalue weighted by atomic mass is 10.2. The van der Waals surface area contributed by atoms with Crippen molar-refractivity contribution in [1.82, 2.24) is 24.5 Å². The molecule has 0 aliphatic carbocycles. The van der Waals surface area contributed by atoms with Gasteiger partial charge in [-0.1, -0.05) is 60.7 Å². The molecule has 2 aromatic rings. The molecule has 0 atom stereocenters. The van der Waals surface area contributed by atoms with Gasteiger partial charge in [0.25, 0.3) is 0 Å². The number of rotatable bonds is 21. The van der Waals surface area contributed by atoms with E-state index in [-0.39, 0.29) is 59.0 Å². The maximum Gasteiger partial charge on any atom is 0.242 e. The highest BCUT2D eigenvalue weighted by molar-refractivity contribution is 5.92. The highest BCUT2D eigenvalue weighted by atomic mass is 16.5. The van der Waals surface area contributed by atoms with Crippen LogP contribution in [0.5, 0.6) is 0 Å². The third kappa shape index (κ3) is 13.9. The number of hydrogen-bond acceptors (Lipinski definition) is 9. The molecule has 0 bridgehead atoms. The van der Waals surface area contributed by atoms with Gasteiger partial charge in [0, 0.05) is 47.4 Å². The normalized spacial score (nSPS) is 10.6. The maximum absolute atomic E-state index is 13.9. The van der Waals surface area contributed by atoms with E-state index >= 15 is 0 Å². The number of benzene rings is 2. The molecule has 0 spiro atoms. The summed E-state index contributed by atoms with van der Waals surface area (Å²) >= 11 is 0. The molecule has 2 aromatic carbocycles. The van der Waals surface area contributed by atoms with Crippen LogP contribution in [0.3, 0.4) is 0 Å². The number of likely N-dealkylation sites (N-methyl/N-ethyl adjacent to an activating group) is 1. The van der Waals surface area contributed by atoms with Gasteiger partial charge in [0.2, 0.25) is 35.4 Å². The van der Waals surface area contributed by atoms with Crippen LogP contribution in [-0.2, 0) is 51.3 Å². The minimum absolute atomic E-state index is 0.0226. The van der Waals surface area contributed by atoms with Crippen molar-refractivity contribution in [3.63, 3.8) is 0 Å². The SMILES string of the molecule is COCCN(CC(N)=O)C(=O)CN(Cc1ccccc1)C(=O)CN(CCOC)C(=O)CN(Cc1ccccc1)C(=O)CN(C)C(=O)CN. The van der Waals surface area contributed by atoms with Crippen LogP contribution in [0.2, 0.25) is 0 Å². The van der Waals surface area contributed by atoms with Gasteiger partial charge >= 0.3 is 0 Å². The fourth-order valence-electron chi connectivity index (χ4n) is 4.58. The molecule has 0 fully saturated rings. The zero-order chi connectivity index (χ0) is 35.5. The van der Waals surface area contributed by atoms with E-state index in [0.717, 1.165) is 11.1 Å². The van der Waals surface area contributed by atoms with Crippen LogP contribution < -0.4 is 11.5 Å². The number of carbonyl (C=O) groups is 6. The van der Waals surface area contributed by atoms with Crippen molar-refractivity contribution in [2.75, 3.05) is 86.8 Å². The summed E-state index contributed by atoms with van der Waals surface area (Å²) < 4.78 is 10.3. The maximum atomic E-state index is 13.9. The molecule has 48 heavy (non-hydrogen) atoms. The number of carbonyl (C=O) groups excluding carboxylic acids is 6. The number of methoxy groups -OCH3 is 2. The number of amides is 6. The first-order chi connectivity index (χ1) is 23.0. The predicted molar refractivity (Wildman–Crippen MR) is 177 cm³/mol. The Morgan fingerprint density at radius 1 is 0.562 bits per heavy atom. The Kier molecular flexibility index (Phi) is 17.3. The van der Waals surface area contributed by atoms with E-state index in [9.17, 15) is 28.8 Å². The highest BCUT2D eigenvalue weighted by Crippen LogP contribution is 2.10. The van der Waals surface area contributed by atoms with Crippen LogP contribution in [0.4, 0.5) is 0 Å².